The fourth-order valence-corrected chi connectivity index (χ4v) is 3.22. The third-order valence-corrected chi connectivity index (χ3v) is 4.85. The lowest BCUT2D eigenvalue weighted by molar-refractivity contribution is -0.190. The van der Waals surface area contributed by atoms with E-state index in [0.29, 0.717) is 5.92 Å². The Balaban J connectivity index is 1.54. The Morgan fingerprint density at radius 3 is 2.04 bits per heavy atom. The van der Waals surface area contributed by atoms with E-state index in [2.05, 4.69) is 19.1 Å². The van der Waals surface area contributed by atoms with Crippen LogP contribution in [0.2, 0.25) is 0 Å². The molecule has 0 radical (unpaired) electrons. The summed E-state index contributed by atoms with van der Waals surface area (Å²) in [7, 11) is 1.69. The van der Waals surface area contributed by atoms with Gasteiger partial charge in [-0.3, -0.25) is 0 Å². The highest BCUT2D eigenvalue weighted by atomic mass is 16.7. The molecule has 0 saturated carbocycles. The number of benzene rings is 1. The maximum absolute atomic E-state index is 5.91. The molecule has 0 aromatic heterocycles. The Morgan fingerprint density at radius 1 is 0.875 bits per heavy atom. The quantitative estimate of drug-likeness (QED) is 0.487. The first kappa shape index (κ1) is 19.3. The fourth-order valence-electron chi connectivity index (χ4n) is 3.22. The SMILES string of the molecule is CCCCCCCCCCC1OCC(c2ccc(OC)cc2)CO1. The van der Waals surface area contributed by atoms with Gasteiger partial charge in [0.1, 0.15) is 5.75 Å². The lowest BCUT2D eigenvalue weighted by Crippen LogP contribution is -2.30. The van der Waals surface area contributed by atoms with Crippen molar-refractivity contribution in [2.24, 2.45) is 0 Å². The van der Waals surface area contributed by atoms with E-state index >= 15 is 0 Å². The van der Waals surface area contributed by atoms with E-state index in [1.807, 2.05) is 12.1 Å². The topological polar surface area (TPSA) is 27.7 Å². The van der Waals surface area contributed by atoms with E-state index in [4.69, 9.17) is 14.2 Å². The fraction of sp³-hybridized carbons (Fsp3) is 0.714. The zero-order valence-electron chi connectivity index (χ0n) is 15.5. The third-order valence-electron chi connectivity index (χ3n) is 4.85. The molecular weight excluding hydrogens is 300 g/mol. The minimum absolute atomic E-state index is 0.000380. The van der Waals surface area contributed by atoms with Crippen LogP contribution in [0, 0.1) is 0 Å². The van der Waals surface area contributed by atoms with E-state index < -0.39 is 0 Å². The largest absolute Gasteiger partial charge is 0.497 e. The molecule has 0 N–H and O–H groups in total. The summed E-state index contributed by atoms with van der Waals surface area (Å²) in [6, 6.07) is 8.22. The van der Waals surface area contributed by atoms with E-state index in [9.17, 15) is 0 Å². The molecule has 0 bridgehead atoms. The second-order valence-corrected chi connectivity index (χ2v) is 6.83. The maximum Gasteiger partial charge on any atom is 0.157 e. The van der Waals surface area contributed by atoms with E-state index in [-0.39, 0.29) is 6.29 Å². The third kappa shape index (κ3) is 6.82. The predicted molar refractivity (Wildman–Crippen MR) is 98.7 cm³/mol. The van der Waals surface area contributed by atoms with Gasteiger partial charge in [-0.25, -0.2) is 0 Å². The molecule has 3 nitrogen and oxygen atoms in total. The second kappa shape index (κ2) is 11.5. The Hall–Kier alpha value is -1.06. The summed E-state index contributed by atoms with van der Waals surface area (Å²) in [6.07, 6.45) is 11.8. The lowest BCUT2D eigenvalue weighted by Gasteiger charge is -2.29. The van der Waals surface area contributed by atoms with Crippen molar-refractivity contribution >= 4 is 0 Å². The summed E-state index contributed by atoms with van der Waals surface area (Å²) < 4.78 is 17.0. The van der Waals surface area contributed by atoms with E-state index in [0.717, 1.165) is 25.4 Å². The van der Waals surface area contributed by atoms with Gasteiger partial charge < -0.3 is 14.2 Å². The molecule has 0 atom stereocenters. The van der Waals surface area contributed by atoms with Gasteiger partial charge in [0.05, 0.1) is 20.3 Å². The van der Waals surface area contributed by atoms with Crippen LogP contribution in [0.5, 0.6) is 5.75 Å². The first-order valence-electron chi connectivity index (χ1n) is 9.70. The molecule has 1 fully saturated rings. The molecule has 0 spiro atoms. The molecule has 1 saturated heterocycles. The molecule has 0 unspecified atom stereocenters. The van der Waals surface area contributed by atoms with Gasteiger partial charge in [-0.15, -0.1) is 0 Å². The van der Waals surface area contributed by atoms with Crippen LogP contribution in [-0.2, 0) is 9.47 Å². The summed E-state index contributed by atoms with van der Waals surface area (Å²) in [5.41, 5.74) is 1.27. The molecule has 1 aliphatic heterocycles. The highest BCUT2D eigenvalue weighted by Gasteiger charge is 2.23. The van der Waals surface area contributed by atoms with Gasteiger partial charge >= 0.3 is 0 Å². The summed E-state index contributed by atoms with van der Waals surface area (Å²) >= 11 is 0. The van der Waals surface area contributed by atoms with Gasteiger partial charge in [0, 0.05) is 5.92 Å². The molecule has 0 aliphatic carbocycles. The van der Waals surface area contributed by atoms with Crippen molar-refractivity contribution < 1.29 is 14.2 Å². The van der Waals surface area contributed by atoms with Crippen LogP contribution in [0.4, 0.5) is 0 Å². The molecule has 1 aliphatic rings. The number of unbranched alkanes of at least 4 members (excludes halogenated alkanes) is 7. The summed E-state index contributed by atoms with van der Waals surface area (Å²) in [5, 5.41) is 0. The van der Waals surface area contributed by atoms with Crippen molar-refractivity contribution in [1.29, 1.82) is 0 Å². The summed E-state index contributed by atoms with van der Waals surface area (Å²) in [4.78, 5) is 0. The average Bonchev–Trinajstić information content (AvgIpc) is 2.64. The smallest absolute Gasteiger partial charge is 0.157 e. The number of hydrogen-bond donors (Lipinski definition) is 0. The standard InChI is InChI=1S/C21H34O3/c1-3-4-5-6-7-8-9-10-11-21-23-16-19(17-24-21)18-12-14-20(22-2)15-13-18/h12-15,19,21H,3-11,16-17H2,1-2H3. The van der Waals surface area contributed by atoms with Crippen molar-refractivity contribution in [2.75, 3.05) is 20.3 Å². The van der Waals surface area contributed by atoms with E-state index in [1.165, 1.54) is 56.9 Å². The molecule has 1 aromatic rings. The Kier molecular flexibility index (Phi) is 9.22. The highest BCUT2D eigenvalue weighted by molar-refractivity contribution is 5.29. The molecule has 1 aromatic carbocycles. The van der Waals surface area contributed by atoms with Crippen LogP contribution >= 0.6 is 0 Å². The highest BCUT2D eigenvalue weighted by Crippen LogP contribution is 2.26. The number of methoxy groups -OCH3 is 1. The van der Waals surface area contributed by atoms with E-state index in [1.54, 1.807) is 7.11 Å². The first-order chi connectivity index (χ1) is 11.8. The molecular formula is C21H34O3. The Bertz CT molecular complexity index is 421. The van der Waals surface area contributed by atoms with Crippen LogP contribution in [0.1, 0.15) is 76.2 Å². The number of hydrogen-bond acceptors (Lipinski definition) is 3. The van der Waals surface area contributed by atoms with Gasteiger partial charge in [0.15, 0.2) is 6.29 Å². The van der Waals surface area contributed by atoms with Crippen LogP contribution in [0.3, 0.4) is 0 Å². The van der Waals surface area contributed by atoms with Gasteiger partial charge in [0.25, 0.3) is 0 Å². The molecule has 3 heteroatoms. The first-order valence-corrected chi connectivity index (χ1v) is 9.70. The van der Waals surface area contributed by atoms with Crippen LogP contribution < -0.4 is 4.74 Å². The second-order valence-electron chi connectivity index (χ2n) is 6.83. The molecule has 136 valence electrons. The number of rotatable bonds is 11. The summed E-state index contributed by atoms with van der Waals surface area (Å²) in [5.74, 6) is 1.23. The van der Waals surface area contributed by atoms with Crippen molar-refractivity contribution in [3.05, 3.63) is 29.8 Å². The minimum atomic E-state index is -0.000380. The monoisotopic (exact) mass is 334 g/mol. The van der Waals surface area contributed by atoms with Crippen LogP contribution in [0.25, 0.3) is 0 Å². The predicted octanol–water partition coefficient (Wildman–Crippen LogP) is 5.68. The molecule has 1 heterocycles. The van der Waals surface area contributed by atoms with Gasteiger partial charge in [-0.05, 0) is 30.5 Å². The van der Waals surface area contributed by atoms with Gasteiger partial charge in [-0.1, -0.05) is 64.0 Å². The van der Waals surface area contributed by atoms with Gasteiger partial charge in [-0.2, -0.15) is 0 Å². The average molecular weight is 335 g/mol. The number of ether oxygens (including phenoxy) is 3. The minimum Gasteiger partial charge on any atom is -0.497 e. The van der Waals surface area contributed by atoms with Crippen molar-refractivity contribution in [3.63, 3.8) is 0 Å². The lowest BCUT2D eigenvalue weighted by atomic mass is 10.00. The normalized spacial score (nSPS) is 20.9. The van der Waals surface area contributed by atoms with Crippen LogP contribution in [0.15, 0.2) is 24.3 Å². The molecule has 0 amide bonds. The van der Waals surface area contributed by atoms with Gasteiger partial charge in [0.2, 0.25) is 0 Å². The maximum atomic E-state index is 5.91. The van der Waals surface area contributed by atoms with Crippen molar-refractivity contribution in [3.8, 4) is 5.75 Å². The zero-order valence-corrected chi connectivity index (χ0v) is 15.5. The zero-order chi connectivity index (χ0) is 17.0. The molecule has 24 heavy (non-hydrogen) atoms. The molecule has 2 rings (SSSR count). The summed E-state index contributed by atoms with van der Waals surface area (Å²) in [6.45, 7) is 3.78. The Morgan fingerprint density at radius 2 is 1.46 bits per heavy atom. The van der Waals surface area contributed by atoms with Crippen LogP contribution in [-0.4, -0.2) is 26.6 Å². The van der Waals surface area contributed by atoms with Crippen molar-refractivity contribution in [2.45, 2.75) is 76.9 Å². The van der Waals surface area contributed by atoms with Crippen molar-refractivity contribution in [1.82, 2.24) is 0 Å². The Labute approximate surface area is 147 Å².